The van der Waals surface area contributed by atoms with E-state index < -0.39 is 30.1 Å². The van der Waals surface area contributed by atoms with Crippen molar-refractivity contribution >= 4 is 35.2 Å². The lowest BCUT2D eigenvalue weighted by atomic mass is 10.1. The quantitative estimate of drug-likeness (QED) is 0.616. The monoisotopic (exact) mass is 410 g/mol. The maximum atomic E-state index is 12.9. The Hall–Kier alpha value is -3.88. The summed E-state index contributed by atoms with van der Waals surface area (Å²) in [5.74, 6) is -1.70. The number of rotatable bonds is 6. The molecule has 2 atom stereocenters. The highest BCUT2D eigenvalue weighted by atomic mass is 16.5. The summed E-state index contributed by atoms with van der Waals surface area (Å²) >= 11 is 0. The number of amides is 4. The Bertz CT molecular complexity index is 963. The lowest BCUT2D eigenvalue weighted by Gasteiger charge is -2.31. The van der Waals surface area contributed by atoms with Crippen LogP contribution in [0, 0.1) is 0 Å². The Morgan fingerprint density at radius 3 is 2.50 bits per heavy atom. The first-order chi connectivity index (χ1) is 14.3. The number of nitrogens with zero attached hydrogens (tertiary/aromatic N) is 1. The maximum absolute atomic E-state index is 12.9. The van der Waals surface area contributed by atoms with Crippen LogP contribution in [0.5, 0.6) is 0 Å². The Morgan fingerprint density at radius 2 is 1.80 bits per heavy atom. The minimum Gasteiger partial charge on any atom is -0.451 e. The molecule has 2 aromatic carbocycles. The number of ether oxygens (including phenoxy) is 1. The lowest BCUT2D eigenvalue weighted by molar-refractivity contribution is -0.155. The largest absolute Gasteiger partial charge is 0.451 e. The number of primary amides is 1. The fourth-order valence-electron chi connectivity index (χ4n) is 3.17. The van der Waals surface area contributed by atoms with E-state index in [-0.39, 0.29) is 18.9 Å². The smallest absolute Gasteiger partial charge is 0.329 e. The molecule has 0 radical (unpaired) electrons. The molecular weight excluding hydrogens is 388 g/mol. The number of hydrogen-bond acceptors (Lipinski definition) is 5. The molecule has 0 spiro atoms. The molecule has 1 aliphatic rings. The second-order valence-corrected chi connectivity index (χ2v) is 6.82. The van der Waals surface area contributed by atoms with Gasteiger partial charge in [-0.05, 0) is 24.6 Å². The van der Waals surface area contributed by atoms with E-state index in [0.29, 0.717) is 11.4 Å². The first-order valence-electron chi connectivity index (χ1n) is 9.36. The minimum atomic E-state index is -1.18. The molecule has 0 unspecified atom stereocenters. The first-order valence-corrected chi connectivity index (χ1v) is 9.36. The van der Waals surface area contributed by atoms with Crippen LogP contribution < -0.4 is 21.3 Å². The standard InChI is InChI=1S/C21H22N4O5/c1-13(19(27)25-12-18(26)23-15-9-5-6-10-17(15)25)30-20(28)16(24-21(22)29)11-14-7-3-2-4-8-14/h2-10,13,16H,11-12H2,1H3,(H,23,26)(H3,22,24,29)/t13-,16-/m0/s1. The van der Waals surface area contributed by atoms with Crippen molar-refractivity contribution in [3.05, 3.63) is 60.2 Å². The van der Waals surface area contributed by atoms with Gasteiger partial charge in [0.15, 0.2) is 6.10 Å². The average molecular weight is 410 g/mol. The molecule has 4 N–H and O–H groups in total. The Balaban J connectivity index is 1.72. The molecule has 0 saturated carbocycles. The van der Waals surface area contributed by atoms with Crippen LogP contribution in [0.3, 0.4) is 0 Å². The second kappa shape index (κ2) is 9.08. The van der Waals surface area contributed by atoms with E-state index in [9.17, 15) is 19.2 Å². The molecule has 9 heteroatoms. The lowest BCUT2D eigenvalue weighted by Crippen LogP contribution is -2.50. The maximum Gasteiger partial charge on any atom is 0.329 e. The van der Waals surface area contributed by atoms with Gasteiger partial charge in [0.1, 0.15) is 12.6 Å². The predicted octanol–water partition coefficient (Wildman–Crippen LogP) is 1.18. The molecule has 156 valence electrons. The average Bonchev–Trinajstić information content (AvgIpc) is 2.72. The zero-order valence-corrected chi connectivity index (χ0v) is 16.3. The van der Waals surface area contributed by atoms with Crippen molar-refractivity contribution in [3.8, 4) is 0 Å². The second-order valence-electron chi connectivity index (χ2n) is 6.82. The Labute approximate surface area is 173 Å². The zero-order valence-electron chi connectivity index (χ0n) is 16.3. The van der Waals surface area contributed by atoms with Crippen LogP contribution in [-0.2, 0) is 25.5 Å². The van der Waals surface area contributed by atoms with Crippen LogP contribution in [0.15, 0.2) is 54.6 Å². The van der Waals surface area contributed by atoms with Crippen molar-refractivity contribution < 1.29 is 23.9 Å². The number of anilines is 2. The zero-order chi connectivity index (χ0) is 21.7. The van der Waals surface area contributed by atoms with Gasteiger partial charge in [-0.25, -0.2) is 9.59 Å². The number of nitrogens with two attached hydrogens (primary N) is 1. The van der Waals surface area contributed by atoms with Crippen LogP contribution in [0.2, 0.25) is 0 Å². The van der Waals surface area contributed by atoms with E-state index in [1.165, 1.54) is 11.8 Å². The summed E-state index contributed by atoms with van der Waals surface area (Å²) in [6.45, 7) is 1.23. The van der Waals surface area contributed by atoms with Crippen LogP contribution >= 0.6 is 0 Å². The van der Waals surface area contributed by atoms with Gasteiger partial charge in [0.2, 0.25) is 5.91 Å². The number of nitrogens with one attached hydrogen (secondary N) is 2. The van der Waals surface area contributed by atoms with E-state index >= 15 is 0 Å². The van der Waals surface area contributed by atoms with E-state index in [0.717, 1.165) is 5.56 Å². The topological polar surface area (TPSA) is 131 Å². The number of urea groups is 1. The fraction of sp³-hybridized carbons (Fsp3) is 0.238. The molecular formula is C21H22N4O5. The van der Waals surface area contributed by atoms with Crippen molar-refractivity contribution in [2.75, 3.05) is 16.8 Å². The molecule has 0 aliphatic carbocycles. The van der Waals surface area contributed by atoms with Gasteiger partial charge < -0.3 is 21.1 Å². The highest BCUT2D eigenvalue weighted by Gasteiger charge is 2.33. The normalized spacial score (nSPS) is 14.7. The number of esters is 1. The third-order valence-corrected chi connectivity index (χ3v) is 4.56. The van der Waals surface area contributed by atoms with Crippen molar-refractivity contribution in [1.82, 2.24) is 5.32 Å². The predicted molar refractivity (Wildman–Crippen MR) is 110 cm³/mol. The van der Waals surface area contributed by atoms with Crippen molar-refractivity contribution in [3.63, 3.8) is 0 Å². The summed E-state index contributed by atoms with van der Waals surface area (Å²) in [4.78, 5) is 50.1. The third-order valence-electron chi connectivity index (χ3n) is 4.56. The van der Waals surface area contributed by atoms with E-state index in [2.05, 4.69) is 10.6 Å². The van der Waals surface area contributed by atoms with E-state index in [1.807, 2.05) is 6.07 Å². The molecule has 4 amide bonds. The van der Waals surface area contributed by atoms with Gasteiger partial charge in [0, 0.05) is 6.42 Å². The minimum absolute atomic E-state index is 0.151. The highest BCUT2D eigenvalue weighted by molar-refractivity contribution is 6.11. The summed E-state index contributed by atoms with van der Waals surface area (Å²) in [5, 5.41) is 5.04. The molecule has 0 fully saturated rings. The van der Waals surface area contributed by atoms with Crippen LogP contribution in [0.4, 0.5) is 16.2 Å². The third kappa shape index (κ3) is 4.93. The molecule has 0 aromatic heterocycles. The van der Waals surface area contributed by atoms with Gasteiger partial charge in [-0.2, -0.15) is 0 Å². The summed E-state index contributed by atoms with van der Waals surface area (Å²) in [7, 11) is 0. The number of fused-ring (bicyclic) bond motifs is 1. The van der Waals surface area contributed by atoms with Gasteiger partial charge in [-0.15, -0.1) is 0 Å². The molecule has 1 aliphatic heterocycles. The Morgan fingerprint density at radius 1 is 1.13 bits per heavy atom. The fourth-order valence-corrected chi connectivity index (χ4v) is 3.17. The molecule has 0 bridgehead atoms. The van der Waals surface area contributed by atoms with Gasteiger partial charge >= 0.3 is 12.0 Å². The van der Waals surface area contributed by atoms with Crippen molar-refractivity contribution in [2.24, 2.45) is 5.73 Å². The summed E-state index contributed by atoms with van der Waals surface area (Å²) in [6.07, 6.45) is -1.03. The molecule has 9 nitrogen and oxygen atoms in total. The van der Waals surface area contributed by atoms with Crippen LogP contribution in [0.1, 0.15) is 12.5 Å². The SMILES string of the molecule is C[C@H](OC(=O)[C@H](Cc1ccccc1)NC(N)=O)C(=O)N1CC(=O)Nc2ccccc21. The molecule has 2 aromatic rings. The number of hydrogen-bond donors (Lipinski definition) is 3. The number of carbonyl (C=O) groups is 4. The molecule has 0 saturated heterocycles. The van der Waals surface area contributed by atoms with Gasteiger partial charge in [0.05, 0.1) is 11.4 Å². The molecule has 30 heavy (non-hydrogen) atoms. The van der Waals surface area contributed by atoms with Crippen molar-refractivity contribution in [2.45, 2.75) is 25.5 Å². The van der Waals surface area contributed by atoms with Crippen molar-refractivity contribution in [1.29, 1.82) is 0 Å². The van der Waals surface area contributed by atoms with Crippen LogP contribution in [-0.4, -0.2) is 42.5 Å². The first kappa shape index (κ1) is 20.8. The highest BCUT2D eigenvalue weighted by Crippen LogP contribution is 2.29. The molecule has 3 rings (SSSR count). The number of benzene rings is 2. The Kier molecular flexibility index (Phi) is 6.31. The van der Waals surface area contributed by atoms with Gasteiger partial charge in [-0.3, -0.25) is 14.5 Å². The van der Waals surface area contributed by atoms with E-state index in [1.54, 1.807) is 48.5 Å². The summed E-state index contributed by atoms with van der Waals surface area (Å²) < 4.78 is 5.32. The number of para-hydroxylation sites is 2. The van der Waals surface area contributed by atoms with Crippen LogP contribution in [0.25, 0.3) is 0 Å². The summed E-state index contributed by atoms with van der Waals surface area (Å²) in [5.41, 5.74) is 6.98. The molecule has 1 heterocycles. The van der Waals surface area contributed by atoms with Gasteiger partial charge in [0.25, 0.3) is 5.91 Å². The number of carbonyl (C=O) groups excluding carboxylic acids is 4. The van der Waals surface area contributed by atoms with E-state index in [4.69, 9.17) is 10.5 Å². The van der Waals surface area contributed by atoms with Gasteiger partial charge in [-0.1, -0.05) is 42.5 Å². The summed E-state index contributed by atoms with van der Waals surface area (Å²) in [6, 6.07) is 13.9.